The first-order chi connectivity index (χ1) is 13.8. The molecule has 1 atom stereocenters. The van der Waals surface area contributed by atoms with Gasteiger partial charge in [0, 0.05) is 11.9 Å². The molecule has 0 saturated carbocycles. The van der Waals surface area contributed by atoms with Crippen molar-refractivity contribution in [1.29, 1.82) is 0 Å². The molecule has 2 aliphatic rings. The largest absolute Gasteiger partial charge is 0.465 e. The molecule has 9 nitrogen and oxygen atoms in total. The number of carbonyl (C=O) groups excluding carboxylic acids is 4. The summed E-state index contributed by atoms with van der Waals surface area (Å²) in [6, 6.07) is 4.07. The van der Waals surface area contributed by atoms with Gasteiger partial charge < -0.3 is 19.7 Å². The van der Waals surface area contributed by atoms with E-state index in [-0.39, 0.29) is 23.2 Å². The number of fused-ring (bicyclic) bond motifs is 1. The van der Waals surface area contributed by atoms with Crippen LogP contribution in [0.15, 0.2) is 47.6 Å². The normalized spacial score (nSPS) is 19.9. The number of carbonyl (C=O) groups is 4. The highest BCUT2D eigenvalue weighted by Gasteiger charge is 2.45. The van der Waals surface area contributed by atoms with E-state index in [4.69, 9.17) is 9.47 Å². The molecule has 9 heteroatoms. The average Bonchev–Trinajstić information content (AvgIpc) is 2.72. The van der Waals surface area contributed by atoms with Crippen molar-refractivity contribution in [3.05, 3.63) is 53.8 Å². The van der Waals surface area contributed by atoms with Crippen molar-refractivity contribution in [1.82, 2.24) is 4.90 Å². The molecule has 0 radical (unpaired) electrons. The molecule has 0 aromatic heterocycles. The van der Waals surface area contributed by atoms with Gasteiger partial charge in [-0.1, -0.05) is 6.08 Å². The van der Waals surface area contributed by atoms with Gasteiger partial charge >= 0.3 is 11.9 Å². The van der Waals surface area contributed by atoms with Crippen LogP contribution in [0.1, 0.15) is 34.1 Å². The fourth-order valence-corrected chi connectivity index (χ4v) is 3.12. The summed E-state index contributed by atoms with van der Waals surface area (Å²) < 4.78 is 9.39. The lowest BCUT2D eigenvalue weighted by molar-refractivity contribution is -0.130. The number of allylic oxidation sites excluding steroid dienone is 2. The fraction of sp³-hybridized carbons (Fsp3) is 0.250. The van der Waals surface area contributed by atoms with Crippen molar-refractivity contribution in [2.45, 2.75) is 18.9 Å². The van der Waals surface area contributed by atoms with Gasteiger partial charge in [0.05, 0.1) is 31.8 Å². The van der Waals surface area contributed by atoms with Crippen molar-refractivity contribution in [2.24, 2.45) is 4.99 Å². The summed E-state index contributed by atoms with van der Waals surface area (Å²) >= 11 is 0. The van der Waals surface area contributed by atoms with Gasteiger partial charge in [-0.2, -0.15) is 4.99 Å². The number of nitrogens with one attached hydrogen (secondary N) is 1. The van der Waals surface area contributed by atoms with Crippen LogP contribution in [0.4, 0.5) is 5.69 Å². The highest BCUT2D eigenvalue weighted by atomic mass is 16.5. The van der Waals surface area contributed by atoms with E-state index >= 15 is 0 Å². The van der Waals surface area contributed by atoms with Crippen molar-refractivity contribution in [3.63, 3.8) is 0 Å². The van der Waals surface area contributed by atoms with E-state index in [1.165, 1.54) is 32.4 Å². The second-order valence-corrected chi connectivity index (χ2v) is 6.62. The molecule has 1 aromatic rings. The van der Waals surface area contributed by atoms with E-state index in [1.807, 2.05) is 0 Å². The summed E-state index contributed by atoms with van der Waals surface area (Å²) in [5.41, 5.74) is -0.924. The highest BCUT2D eigenvalue weighted by molar-refractivity contribution is 6.12. The van der Waals surface area contributed by atoms with Crippen molar-refractivity contribution >= 4 is 35.3 Å². The van der Waals surface area contributed by atoms with Crippen LogP contribution in [0.3, 0.4) is 0 Å². The Kier molecular flexibility index (Phi) is 5.31. The minimum atomic E-state index is -1.25. The molecule has 3 rings (SSSR count). The topological polar surface area (TPSA) is 114 Å². The molecule has 0 spiro atoms. The Labute approximate surface area is 166 Å². The number of methoxy groups -OCH3 is 2. The highest BCUT2D eigenvalue weighted by Crippen LogP contribution is 2.29. The van der Waals surface area contributed by atoms with Crippen LogP contribution in [0.25, 0.3) is 0 Å². The molecule has 0 aliphatic carbocycles. The van der Waals surface area contributed by atoms with Gasteiger partial charge in [-0.25, -0.2) is 9.59 Å². The number of amides is 2. The molecule has 0 saturated heterocycles. The summed E-state index contributed by atoms with van der Waals surface area (Å²) in [6.07, 6.45) is 6.61. The number of benzene rings is 1. The van der Waals surface area contributed by atoms with E-state index in [1.54, 1.807) is 36.3 Å². The molecule has 1 unspecified atom stereocenters. The maximum atomic E-state index is 13.1. The maximum Gasteiger partial charge on any atom is 0.337 e. The number of nitrogens with zero attached hydrogens (tertiary/aromatic N) is 2. The van der Waals surface area contributed by atoms with Gasteiger partial charge in [0.2, 0.25) is 0 Å². The Morgan fingerprint density at radius 3 is 2.28 bits per heavy atom. The zero-order valence-corrected chi connectivity index (χ0v) is 16.1. The Balaban J connectivity index is 1.95. The molecule has 2 heterocycles. The van der Waals surface area contributed by atoms with Gasteiger partial charge in [0.25, 0.3) is 11.8 Å². The molecule has 0 bridgehead atoms. The van der Waals surface area contributed by atoms with Crippen LogP contribution < -0.4 is 5.32 Å². The van der Waals surface area contributed by atoms with E-state index < -0.39 is 29.3 Å². The van der Waals surface area contributed by atoms with E-state index in [2.05, 4.69) is 10.3 Å². The second-order valence-electron chi connectivity index (χ2n) is 6.62. The number of esters is 2. The van der Waals surface area contributed by atoms with Gasteiger partial charge in [0.15, 0.2) is 0 Å². The second kappa shape index (κ2) is 7.70. The first-order valence-electron chi connectivity index (χ1n) is 8.67. The quantitative estimate of drug-likeness (QED) is 0.769. The number of ether oxygens (including phenoxy) is 2. The zero-order valence-electron chi connectivity index (χ0n) is 16.1. The molecule has 2 amide bonds. The smallest absolute Gasteiger partial charge is 0.337 e. The van der Waals surface area contributed by atoms with Crippen LogP contribution in [0.5, 0.6) is 0 Å². The Bertz CT molecular complexity index is 960. The van der Waals surface area contributed by atoms with Gasteiger partial charge in [0.1, 0.15) is 11.4 Å². The van der Waals surface area contributed by atoms with Crippen LogP contribution in [0, 0.1) is 0 Å². The lowest BCUT2D eigenvalue weighted by atomic mass is 9.91. The molecule has 1 N–H and O–H groups in total. The van der Waals surface area contributed by atoms with Crippen molar-refractivity contribution in [3.8, 4) is 0 Å². The summed E-state index contributed by atoms with van der Waals surface area (Å²) in [7, 11) is 2.41. The number of aliphatic imine (C=N–C) groups is 1. The number of hydrogen-bond acceptors (Lipinski definition) is 7. The first kappa shape index (κ1) is 20.0. The minimum Gasteiger partial charge on any atom is -0.465 e. The van der Waals surface area contributed by atoms with Crippen molar-refractivity contribution < 1.29 is 28.7 Å². The van der Waals surface area contributed by atoms with Gasteiger partial charge in [-0.05, 0) is 37.3 Å². The fourth-order valence-electron chi connectivity index (χ4n) is 3.12. The lowest BCUT2D eigenvalue weighted by Gasteiger charge is -2.41. The van der Waals surface area contributed by atoms with E-state index in [0.717, 1.165) is 0 Å². The molecule has 29 heavy (non-hydrogen) atoms. The molecule has 1 aromatic carbocycles. The summed E-state index contributed by atoms with van der Waals surface area (Å²) in [6.45, 7) is 1.61. The Hall–Kier alpha value is -3.75. The zero-order chi connectivity index (χ0) is 21.2. The predicted octanol–water partition coefficient (Wildman–Crippen LogP) is 1.67. The number of hydrogen-bond donors (Lipinski definition) is 1. The number of rotatable bonds is 4. The Morgan fingerprint density at radius 2 is 1.69 bits per heavy atom. The Morgan fingerprint density at radius 1 is 1.07 bits per heavy atom. The van der Waals surface area contributed by atoms with E-state index in [9.17, 15) is 19.2 Å². The minimum absolute atomic E-state index is 0.0682. The predicted molar refractivity (Wildman–Crippen MR) is 103 cm³/mol. The van der Waals surface area contributed by atoms with Crippen LogP contribution in [-0.2, 0) is 19.1 Å². The number of anilines is 1. The third-order valence-corrected chi connectivity index (χ3v) is 4.63. The molecular weight excluding hydrogens is 378 g/mol. The van der Waals surface area contributed by atoms with Gasteiger partial charge in [-0.15, -0.1) is 0 Å². The standard InChI is InChI=1S/C20H19N3O6/c1-20(11-16(24)22-15-6-4-5-7-23(15)20)19(27)21-14-9-12(17(25)28-2)8-13(10-14)18(26)29-3/h4-10H,11H2,1-3H3,(H,21,27). The summed E-state index contributed by atoms with van der Waals surface area (Å²) in [4.78, 5) is 54.7. The van der Waals surface area contributed by atoms with Crippen molar-refractivity contribution in [2.75, 3.05) is 19.5 Å². The van der Waals surface area contributed by atoms with Crippen LogP contribution in [-0.4, -0.2) is 54.2 Å². The van der Waals surface area contributed by atoms with Crippen LogP contribution in [0.2, 0.25) is 0 Å². The monoisotopic (exact) mass is 397 g/mol. The third kappa shape index (κ3) is 3.79. The molecule has 150 valence electrons. The lowest BCUT2D eigenvalue weighted by Crippen LogP contribution is -2.58. The summed E-state index contributed by atoms with van der Waals surface area (Å²) in [5, 5.41) is 2.68. The maximum absolute atomic E-state index is 13.1. The average molecular weight is 397 g/mol. The third-order valence-electron chi connectivity index (χ3n) is 4.63. The first-order valence-corrected chi connectivity index (χ1v) is 8.67. The SMILES string of the molecule is COC(=O)c1cc(NC(=O)C2(C)CC(=O)N=C3C=CC=CN32)cc(C(=O)OC)c1. The van der Waals surface area contributed by atoms with Crippen LogP contribution >= 0.6 is 0 Å². The number of amidine groups is 1. The molecule has 0 fully saturated rings. The molecular formula is C20H19N3O6. The van der Waals surface area contributed by atoms with Gasteiger partial charge in [-0.3, -0.25) is 9.59 Å². The van der Waals surface area contributed by atoms with E-state index in [0.29, 0.717) is 5.84 Å². The molecule has 2 aliphatic heterocycles. The summed E-state index contributed by atoms with van der Waals surface area (Å²) in [5.74, 6) is -1.92.